The molecule has 0 bridgehead atoms. The molecule has 0 radical (unpaired) electrons. The maximum absolute atomic E-state index is 11.9. The lowest BCUT2D eigenvalue weighted by atomic mass is 9.79. The maximum atomic E-state index is 11.9. The van der Waals surface area contributed by atoms with Gasteiger partial charge in [0.1, 0.15) is 12.1 Å². The number of hydrogen-bond acceptors (Lipinski definition) is 10. The fourth-order valence-corrected chi connectivity index (χ4v) is 9.83. The van der Waals surface area contributed by atoms with Crippen LogP contribution < -0.4 is 5.46 Å². The maximum Gasteiger partial charge on any atom is 0.494 e. The molecule has 2 aromatic carbocycles. The summed E-state index contributed by atoms with van der Waals surface area (Å²) in [4.78, 5) is 8.20. The second kappa shape index (κ2) is 18.0. The topological polar surface area (TPSA) is 167 Å². The average molecular weight is 903 g/mol. The van der Waals surface area contributed by atoms with Crippen molar-refractivity contribution in [2.45, 2.75) is 64.8 Å². The first kappa shape index (κ1) is 43.7. The van der Waals surface area contributed by atoms with E-state index in [1.54, 1.807) is 55.1 Å². The van der Waals surface area contributed by atoms with Crippen LogP contribution in [0.2, 0.25) is 10.0 Å². The van der Waals surface area contributed by atoms with Gasteiger partial charge in [-0.25, -0.2) is 16.8 Å². The molecule has 0 saturated carbocycles. The number of hydrogen-bond donors (Lipinski definition) is 0. The summed E-state index contributed by atoms with van der Waals surface area (Å²) in [6.45, 7) is 9.92. The number of sulfonamides is 2. The molecule has 3 saturated heterocycles. The predicted molar refractivity (Wildman–Crippen MR) is 221 cm³/mol. The third-order valence-corrected chi connectivity index (χ3v) is 14.6. The lowest BCUT2D eigenvalue weighted by Gasteiger charge is -2.32. The van der Waals surface area contributed by atoms with Crippen molar-refractivity contribution in [1.82, 2.24) is 18.6 Å². The molecule has 7 rings (SSSR count). The second-order valence-electron chi connectivity index (χ2n) is 14.3. The molecule has 0 spiro atoms. The first-order chi connectivity index (χ1) is 26.3. The van der Waals surface area contributed by atoms with Crippen molar-refractivity contribution in [3.05, 3.63) is 110 Å². The van der Waals surface area contributed by atoms with Crippen molar-refractivity contribution in [3.63, 3.8) is 0 Å². The SMILES string of the molecule is CC1(C)OB(c2ccc(C#N)c(Cl)c2)OC1(C)C.N#Cc1ccc(-c2cncc(CN3CCCS3(=O)=O)c2)cc1Cl.O=S1(=O)CCCN1Cc1cncc(Br)c1. The summed E-state index contributed by atoms with van der Waals surface area (Å²) in [5.74, 6) is 0.486. The zero-order valence-corrected chi connectivity index (χ0v) is 36.0. The molecule has 0 N–H and O–H groups in total. The van der Waals surface area contributed by atoms with Crippen molar-refractivity contribution in [3.8, 4) is 23.3 Å². The van der Waals surface area contributed by atoms with Gasteiger partial charge in [-0.3, -0.25) is 9.97 Å². The molecule has 3 fully saturated rings. The highest BCUT2D eigenvalue weighted by Gasteiger charge is 2.51. The highest BCUT2D eigenvalue weighted by Crippen LogP contribution is 2.36. The predicted octanol–water partition coefficient (Wildman–Crippen LogP) is 6.70. The highest BCUT2D eigenvalue weighted by molar-refractivity contribution is 9.10. The third kappa shape index (κ3) is 10.7. The van der Waals surface area contributed by atoms with Crippen LogP contribution in [0, 0.1) is 22.7 Å². The molecule has 18 heteroatoms. The van der Waals surface area contributed by atoms with Gasteiger partial charge in [0.2, 0.25) is 20.0 Å². The molecule has 0 atom stereocenters. The van der Waals surface area contributed by atoms with Crippen molar-refractivity contribution in [2.24, 2.45) is 0 Å². The Balaban J connectivity index is 0.000000165. The summed E-state index contributed by atoms with van der Waals surface area (Å²) in [6.07, 6.45) is 8.13. The van der Waals surface area contributed by atoms with E-state index in [1.807, 2.05) is 58.0 Å². The van der Waals surface area contributed by atoms with E-state index in [4.69, 9.17) is 43.0 Å². The lowest BCUT2D eigenvalue weighted by molar-refractivity contribution is 0.00578. The van der Waals surface area contributed by atoms with E-state index in [1.165, 1.54) is 8.61 Å². The minimum absolute atomic E-state index is 0.214. The monoisotopic (exact) mass is 900 g/mol. The Labute approximate surface area is 347 Å². The van der Waals surface area contributed by atoms with Crippen LogP contribution in [0.5, 0.6) is 0 Å². The standard InChI is InChI=1S/C16H14ClN3O2S.C13H15BClNO2.C9H11BrN2O2S/c17-16-7-13(2-3-14(16)8-18)15-6-12(9-19-10-15)11-20-4-1-5-23(20,21)22;1-12(2)13(3,4)18-14(17-12)10-6-5-9(8-16)11(15)7-10;10-9-4-8(5-11-6-9)7-12-2-1-3-15(12,13)14/h2-3,6-7,9-10H,1,4-5,11H2;5-7H,1-4H3;4-6H,1-3,7H2. The Morgan fingerprint density at radius 2 is 1.23 bits per heavy atom. The number of rotatable bonds is 6. The Bertz CT molecular complexity index is 2380. The number of aromatic nitrogens is 2. The van der Waals surface area contributed by atoms with Gasteiger partial charge in [0.25, 0.3) is 0 Å². The molecule has 12 nitrogen and oxygen atoms in total. The van der Waals surface area contributed by atoms with Crippen LogP contribution in [0.1, 0.15) is 62.8 Å². The van der Waals surface area contributed by atoms with E-state index in [9.17, 15) is 16.8 Å². The number of nitriles is 2. The third-order valence-electron chi connectivity index (χ3n) is 9.74. The Morgan fingerprint density at radius 3 is 1.70 bits per heavy atom. The van der Waals surface area contributed by atoms with E-state index in [2.05, 4.69) is 25.9 Å². The van der Waals surface area contributed by atoms with Crippen LogP contribution in [0.4, 0.5) is 0 Å². The molecule has 56 heavy (non-hydrogen) atoms. The van der Waals surface area contributed by atoms with Gasteiger partial charge < -0.3 is 9.31 Å². The quantitative estimate of drug-likeness (QED) is 0.190. The summed E-state index contributed by atoms with van der Waals surface area (Å²) in [5, 5.41) is 18.6. The average Bonchev–Trinajstić information content (AvgIpc) is 3.73. The fraction of sp³-hybridized carbons (Fsp3) is 0.368. The Hall–Kier alpha value is -3.42. The summed E-state index contributed by atoms with van der Waals surface area (Å²) in [7, 11) is -6.58. The highest BCUT2D eigenvalue weighted by atomic mass is 79.9. The van der Waals surface area contributed by atoms with Crippen LogP contribution in [-0.4, -0.2) is 78.3 Å². The number of halogens is 3. The summed E-state index contributed by atoms with van der Waals surface area (Å²) in [6, 6.07) is 18.2. The lowest BCUT2D eigenvalue weighted by Crippen LogP contribution is -2.41. The number of nitrogens with zero attached hydrogens (tertiary/aromatic N) is 6. The molecule has 0 aliphatic carbocycles. The molecule has 3 aliphatic rings. The van der Waals surface area contributed by atoms with Gasteiger partial charge in [-0.05, 0) is 115 Å². The van der Waals surface area contributed by atoms with Crippen LogP contribution in [0.15, 0.2) is 77.8 Å². The molecule has 0 amide bonds. The summed E-state index contributed by atoms with van der Waals surface area (Å²) >= 11 is 15.4. The van der Waals surface area contributed by atoms with Gasteiger partial charge in [0, 0.05) is 61.0 Å². The van der Waals surface area contributed by atoms with Crippen molar-refractivity contribution < 1.29 is 26.1 Å². The Kier molecular flexibility index (Phi) is 14.1. The van der Waals surface area contributed by atoms with Gasteiger partial charge in [-0.1, -0.05) is 35.3 Å². The van der Waals surface area contributed by atoms with E-state index in [0.29, 0.717) is 53.8 Å². The van der Waals surface area contributed by atoms with E-state index in [-0.39, 0.29) is 22.7 Å². The van der Waals surface area contributed by atoms with Crippen LogP contribution >= 0.6 is 39.1 Å². The fourth-order valence-electron chi connectivity index (χ4n) is 5.95. The first-order valence-corrected chi connectivity index (χ1v) is 22.3. The van der Waals surface area contributed by atoms with Crippen molar-refractivity contribution >= 4 is 71.8 Å². The van der Waals surface area contributed by atoms with Gasteiger partial charge >= 0.3 is 7.12 Å². The van der Waals surface area contributed by atoms with Gasteiger partial charge in [-0.15, -0.1) is 0 Å². The van der Waals surface area contributed by atoms with Gasteiger partial charge in [-0.2, -0.15) is 19.1 Å². The van der Waals surface area contributed by atoms with E-state index in [0.717, 1.165) is 38.6 Å². The molecule has 0 unspecified atom stereocenters. The molecule has 5 heterocycles. The van der Waals surface area contributed by atoms with Gasteiger partial charge in [0.05, 0.1) is 43.9 Å². The zero-order valence-electron chi connectivity index (χ0n) is 31.2. The number of benzene rings is 2. The minimum Gasteiger partial charge on any atom is -0.399 e. The normalized spacial score (nSPS) is 19.2. The van der Waals surface area contributed by atoms with Crippen molar-refractivity contribution in [2.75, 3.05) is 24.6 Å². The van der Waals surface area contributed by atoms with Crippen molar-refractivity contribution in [1.29, 1.82) is 10.5 Å². The van der Waals surface area contributed by atoms with Crippen LogP contribution in [-0.2, 0) is 42.4 Å². The van der Waals surface area contributed by atoms with Crippen LogP contribution in [0.3, 0.4) is 0 Å². The molecule has 4 aromatic rings. The number of pyridine rings is 2. The molecule has 294 valence electrons. The van der Waals surface area contributed by atoms with E-state index >= 15 is 0 Å². The summed E-state index contributed by atoms with van der Waals surface area (Å²) in [5.41, 5.74) is 4.37. The molecular formula is C38H40BBrCl2N6O6S2. The first-order valence-electron chi connectivity index (χ1n) is 17.6. The van der Waals surface area contributed by atoms with Crippen LogP contribution in [0.25, 0.3) is 11.1 Å². The smallest absolute Gasteiger partial charge is 0.399 e. The molecular weight excluding hydrogens is 862 g/mol. The van der Waals surface area contributed by atoms with E-state index < -0.39 is 27.2 Å². The largest absolute Gasteiger partial charge is 0.494 e. The molecule has 3 aliphatic heterocycles. The molecule has 2 aromatic heterocycles. The second-order valence-corrected chi connectivity index (χ2v) is 20.3. The Morgan fingerprint density at radius 1 is 0.732 bits per heavy atom. The summed E-state index contributed by atoms with van der Waals surface area (Å²) < 4.78 is 62.6. The minimum atomic E-state index is -3.13. The van der Waals surface area contributed by atoms with Gasteiger partial charge in [0.15, 0.2) is 0 Å². The zero-order chi connectivity index (χ0) is 40.9.